The second-order valence-corrected chi connectivity index (χ2v) is 4.70. The van der Waals surface area contributed by atoms with E-state index in [1.807, 2.05) is 0 Å². The Morgan fingerprint density at radius 3 is 2.38 bits per heavy atom. The Bertz CT molecular complexity index is 591. The Hall–Kier alpha value is -2.68. The maximum atomic E-state index is 12.0. The summed E-state index contributed by atoms with van der Waals surface area (Å²) in [6.07, 6.45) is -0.548. The van der Waals surface area contributed by atoms with Gasteiger partial charge < -0.3 is 15.2 Å². The Balaban J connectivity index is 1.61. The second kappa shape index (κ2) is 5.02. The van der Waals surface area contributed by atoms with E-state index < -0.39 is 24.6 Å². The van der Waals surface area contributed by atoms with Crippen LogP contribution in [0.1, 0.15) is 20.7 Å². The van der Waals surface area contributed by atoms with Crippen LogP contribution in [0.25, 0.3) is 0 Å². The number of nitrogens with zero attached hydrogens (tertiary/aromatic N) is 4. The molecule has 2 amide bonds. The molecule has 0 bridgehead atoms. The third-order valence-corrected chi connectivity index (χ3v) is 3.28. The molecule has 1 N–H and O–H groups in total. The Morgan fingerprint density at radius 2 is 1.86 bits per heavy atom. The SMILES string of the molecule is O=C1c2ccccc2C(=O)N1CON=[N+]([O-])N1CC(O)C1. The quantitative estimate of drug-likeness (QED) is 0.354. The summed E-state index contributed by atoms with van der Waals surface area (Å²) in [6, 6.07) is 6.42. The van der Waals surface area contributed by atoms with Gasteiger partial charge in [0.05, 0.1) is 16.1 Å². The molecule has 9 nitrogen and oxygen atoms in total. The van der Waals surface area contributed by atoms with Crippen molar-refractivity contribution in [3.05, 3.63) is 40.6 Å². The van der Waals surface area contributed by atoms with Crippen LogP contribution < -0.4 is 0 Å². The van der Waals surface area contributed by atoms with Gasteiger partial charge in [-0.1, -0.05) is 12.1 Å². The van der Waals surface area contributed by atoms with Crippen molar-refractivity contribution in [2.75, 3.05) is 19.8 Å². The first-order valence-corrected chi connectivity index (χ1v) is 6.26. The highest BCUT2D eigenvalue weighted by Gasteiger charge is 2.36. The van der Waals surface area contributed by atoms with Crippen molar-refractivity contribution < 1.29 is 24.5 Å². The largest absolute Gasteiger partial charge is 0.569 e. The summed E-state index contributed by atoms with van der Waals surface area (Å²) < 4.78 is 0. The fourth-order valence-corrected chi connectivity index (χ4v) is 2.11. The maximum Gasteiger partial charge on any atom is 0.264 e. The number of hydrogen-bond donors (Lipinski definition) is 1. The molecule has 0 aliphatic carbocycles. The van der Waals surface area contributed by atoms with Gasteiger partial charge in [0.15, 0.2) is 0 Å². The smallest absolute Gasteiger partial charge is 0.264 e. The first-order chi connectivity index (χ1) is 10.1. The summed E-state index contributed by atoms with van der Waals surface area (Å²) >= 11 is 0. The zero-order valence-corrected chi connectivity index (χ0v) is 10.9. The minimum Gasteiger partial charge on any atom is -0.569 e. The van der Waals surface area contributed by atoms with Crippen LogP contribution in [0.4, 0.5) is 0 Å². The molecule has 3 rings (SSSR count). The summed E-state index contributed by atoms with van der Waals surface area (Å²) in [5.41, 5.74) is 0.604. The molecule has 1 fully saturated rings. The van der Waals surface area contributed by atoms with E-state index in [1.165, 1.54) is 5.01 Å². The molecule has 2 aliphatic rings. The highest BCUT2D eigenvalue weighted by Crippen LogP contribution is 2.22. The Kier molecular flexibility index (Phi) is 3.18. The molecular weight excluding hydrogens is 280 g/mol. The number of aliphatic hydroxyl groups is 1. The lowest BCUT2D eigenvalue weighted by Gasteiger charge is -2.30. The van der Waals surface area contributed by atoms with Crippen LogP contribution >= 0.6 is 0 Å². The lowest BCUT2D eigenvalue weighted by molar-refractivity contribution is -0.727. The molecule has 1 aromatic rings. The van der Waals surface area contributed by atoms with Crippen LogP contribution in [0.15, 0.2) is 29.5 Å². The van der Waals surface area contributed by atoms with Gasteiger partial charge in [-0.2, -0.15) is 0 Å². The number of carbonyl (C=O) groups excluding carboxylic acids is 2. The van der Waals surface area contributed by atoms with Gasteiger partial charge >= 0.3 is 0 Å². The van der Waals surface area contributed by atoms with Crippen molar-refractivity contribution in [1.29, 1.82) is 0 Å². The number of benzene rings is 1. The summed E-state index contributed by atoms with van der Waals surface area (Å²) in [5, 5.41) is 24.8. The van der Waals surface area contributed by atoms with Crippen LogP contribution in [-0.2, 0) is 4.84 Å². The van der Waals surface area contributed by atoms with E-state index in [-0.39, 0.29) is 18.1 Å². The van der Waals surface area contributed by atoms with Gasteiger partial charge in [0.25, 0.3) is 11.8 Å². The van der Waals surface area contributed by atoms with Gasteiger partial charge in [-0.25, -0.2) is 4.90 Å². The van der Waals surface area contributed by atoms with E-state index in [4.69, 9.17) is 9.94 Å². The molecule has 0 atom stereocenters. The monoisotopic (exact) mass is 292 g/mol. The van der Waals surface area contributed by atoms with Gasteiger partial charge in [0.1, 0.15) is 19.2 Å². The van der Waals surface area contributed by atoms with Gasteiger partial charge in [0.2, 0.25) is 12.0 Å². The third kappa shape index (κ3) is 2.27. The van der Waals surface area contributed by atoms with Crippen molar-refractivity contribution in [2.45, 2.75) is 6.10 Å². The third-order valence-electron chi connectivity index (χ3n) is 3.28. The summed E-state index contributed by atoms with van der Waals surface area (Å²) in [6.45, 7) is -0.103. The topological polar surface area (TPSA) is 109 Å². The standard InChI is InChI=1S/C12H12N4O5/c17-8-5-14(6-8)16(20)13-21-7-15-11(18)9-3-1-2-4-10(9)12(15)19/h1-4,8,17H,5-7H2. The van der Waals surface area contributed by atoms with E-state index in [9.17, 15) is 14.8 Å². The van der Waals surface area contributed by atoms with Gasteiger partial charge in [0, 0.05) is 0 Å². The van der Waals surface area contributed by atoms with Crippen LogP contribution in [0.3, 0.4) is 0 Å². The number of imide groups is 1. The number of carbonyl (C=O) groups is 2. The van der Waals surface area contributed by atoms with Crippen molar-refractivity contribution in [3.8, 4) is 0 Å². The second-order valence-electron chi connectivity index (χ2n) is 4.70. The average molecular weight is 292 g/mol. The highest BCUT2D eigenvalue weighted by molar-refractivity contribution is 6.21. The molecule has 2 aliphatic heterocycles. The number of hydrazine groups is 1. The molecule has 0 unspecified atom stereocenters. The van der Waals surface area contributed by atoms with Crippen molar-refractivity contribution >= 4 is 11.8 Å². The molecule has 0 saturated carbocycles. The van der Waals surface area contributed by atoms with Crippen LogP contribution in [0.2, 0.25) is 0 Å². The van der Waals surface area contributed by atoms with Crippen LogP contribution in [-0.4, -0.2) is 57.7 Å². The van der Waals surface area contributed by atoms with E-state index in [0.29, 0.717) is 11.1 Å². The highest BCUT2D eigenvalue weighted by atomic mass is 16.7. The summed E-state index contributed by atoms with van der Waals surface area (Å²) in [4.78, 5) is 29.7. The summed E-state index contributed by atoms with van der Waals surface area (Å²) in [7, 11) is 0. The predicted molar refractivity (Wildman–Crippen MR) is 66.5 cm³/mol. The van der Waals surface area contributed by atoms with Gasteiger partial charge in [-0.15, -0.1) is 5.01 Å². The van der Waals surface area contributed by atoms with Gasteiger partial charge in [-0.3, -0.25) is 9.59 Å². The molecule has 21 heavy (non-hydrogen) atoms. The number of hydrogen-bond acceptors (Lipinski definition) is 6. The first kappa shape index (κ1) is 13.3. The molecule has 1 aromatic carbocycles. The van der Waals surface area contributed by atoms with E-state index in [2.05, 4.69) is 5.28 Å². The molecule has 1 saturated heterocycles. The minimum absolute atomic E-state index is 0.170. The number of β-amino-alcohol motifs (C(OH)–C–C–N with tert-alkyl or cyclic N) is 1. The number of aliphatic hydroxyl groups excluding tert-OH is 1. The molecule has 9 heteroatoms. The average Bonchev–Trinajstić information content (AvgIpc) is 2.69. The maximum absolute atomic E-state index is 12.0. The Labute approximate surface area is 119 Å². The van der Waals surface area contributed by atoms with E-state index in [1.54, 1.807) is 24.3 Å². The fraction of sp³-hybridized carbons (Fsp3) is 0.333. The lowest BCUT2D eigenvalue weighted by Crippen LogP contribution is -2.53. The first-order valence-electron chi connectivity index (χ1n) is 6.26. The van der Waals surface area contributed by atoms with E-state index >= 15 is 0 Å². The molecule has 110 valence electrons. The zero-order chi connectivity index (χ0) is 15.0. The number of fused-ring (bicyclic) bond motifs is 1. The van der Waals surface area contributed by atoms with Crippen LogP contribution in [0.5, 0.6) is 0 Å². The Morgan fingerprint density at radius 1 is 1.29 bits per heavy atom. The molecule has 0 radical (unpaired) electrons. The normalized spacial score (nSPS) is 18.8. The zero-order valence-electron chi connectivity index (χ0n) is 10.9. The lowest BCUT2D eigenvalue weighted by atomic mass is 10.1. The minimum atomic E-state index is -0.548. The van der Waals surface area contributed by atoms with E-state index in [0.717, 1.165) is 4.90 Å². The molecule has 2 heterocycles. The fourth-order valence-electron chi connectivity index (χ4n) is 2.11. The van der Waals surface area contributed by atoms with Crippen LogP contribution in [0, 0.1) is 5.21 Å². The van der Waals surface area contributed by atoms with Crippen molar-refractivity contribution in [2.24, 2.45) is 5.28 Å². The molecular formula is C12H12N4O5. The van der Waals surface area contributed by atoms with Crippen molar-refractivity contribution in [1.82, 2.24) is 9.91 Å². The molecule has 0 spiro atoms. The predicted octanol–water partition coefficient (Wildman–Crippen LogP) is -0.274. The molecule has 0 aromatic heterocycles. The number of rotatable bonds is 4. The summed E-state index contributed by atoms with van der Waals surface area (Å²) in [5.74, 6) is -0.967. The van der Waals surface area contributed by atoms with Gasteiger partial charge in [-0.05, 0) is 12.1 Å². The van der Waals surface area contributed by atoms with Crippen molar-refractivity contribution in [3.63, 3.8) is 0 Å². The number of amides is 2.